The van der Waals surface area contributed by atoms with Gasteiger partial charge in [-0.05, 0) is 23.8 Å². The van der Waals surface area contributed by atoms with E-state index in [1.165, 1.54) is 0 Å². The van der Waals surface area contributed by atoms with Gasteiger partial charge in [-0.25, -0.2) is 9.98 Å². The lowest BCUT2D eigenvalue weighted by atomic mass is 9.84. The van der Waals surface area contributed by atoms with Crippen molar-refractivity contribution in [3.8, 4) is 5.75 Å². The largest absolute Gasteiger partial charge is 0.485 e. The summed E-state index contributed by atoms with van der Waals surface area (Å²) in [6, 6.07) is 26.3. The van der Waals surface area contributed by atoms with Gasteiger partial charge < -0.3 is 10.1 Å². The molecule has 156 valence electrons. The van der Waals surface area contributed by atoms with E-state index in [4.69, 9.17) is 26.3 Å². The molecule has 0 aromatic heterocycles. The summed E-state index contributed by atoms with van der Waals surface area (Å²) in [6.45, 7) is 0. The lowest BCUT2D eigenvalue weighted by molar-refractivity contribution is 0.267. The maximum absolute atomic E-state index is 6.21. The third-order valence-electron chi connectivity index (χ3n) is 5.98. The molecule has 3 aromatic carbocycles. The molecule has 3 aromatic rings. The van der Waals surface area contributed by atoms with Crippen LogP contribution >= 0.6 is 11.6 Å². The highest BCUT2D eigenvalue weighted by Crippen LogP contribution is 2.46. The Labute approximate surface area is 191 Å². The van der Waals surface area contributed by atoms with Gasteiger partial charge in [-0.3, -0.25) is 0 Å². The van der Waals surface area contributed by atoms with Crippen LogP contribution in [0.15, 0.2) is 113 Å². The molecule has 0 radical (unpaired) electrons. The molecule has 0 spiro atoms. The lowest BCUT2D eigenvalue weighted by Crippen LogP contribution is -2.35. The van der Waals surface area contributed by atoms with Gasteiger partial charge in [0, 0.05) is 21.7 Å². The molecule has 0 fully saturated rings. The quantitative estimate of drug-likeness (QED) is 0.560. The number of allylic oxidation sites excluding steroid dienone is 2. The normalized spacial score (nSPS) is 23.2. The fourth-order valence-electron chi connectivity index (χ4n) is 4.47. The molecule has 6 rings (SSSR count). The molecule has 3 atom stereocenters. The van der Waals surface area contributed by atoms with E-state index in [0.29, 0.717) is 5.02 Å². The number of benzene rings is 3. The molecule has 1 N–H and O–H groups in total. The number of nitrogens with one attached hydrogen (secondary N) is 1. The molecule has 0 amide bonds. The topological polar surface area (TPSA) is 46.0 Å². The second-order valence-electron chi connectivity index (χ2n) is 7.99. The Morgan fingerprint density at radius 2 is 1.69 bits per heavy atom. The number of hydrogen-bond acceptors (Lipinski definition) is 4. The number of hydrogen-bond donors (Lipinski definition) is 1. The van der Waals surface area contributed by atoms with Crippen molar-refractivity contribution in [1.82, 2.24) is 5.32 Å². The second-order valence-corrected chi connectivity index (χ2v) is 8.42. The van der Waals surface area contributed by atoms with E-state index in [1.54, 1.807) is 0 Å². The molecule has 32 heavy (non-hydrogen) atoms. The van der Waals surface area contributed by atoms with E-state index in [-0.39, 0.29) is 18.2 Å². The number of amidine groups is 2. The number of fused-ring (bicyclic) bond motifs is 3. The predicted octanol–water partition coefficient (Wildman–Crippen LogP) is 5.83. The highest BCUT2D eigenvalue weighted by molar-refractivity contribution is 6.30. The summed E-state index contributed by atoms with van der Waals surface area (Å²) in [4.78, 5) is 10.0. The molecule has 5 heteroatoms. The summed E-state index contributed by atoms with van der Waals surface area (Å²) in [5.74, 6) is 2.39. The van der Waals surface area contributed by atoms with E-state index < -0.39 is 0 Å². The minimum Gasteiger partial charge on any atom is -0.485 e. The zero-order valence-corrected chi connectivity index (χ0v) is 17.9. The summed E-state index contributed by atoms with van der Waals surface area (Å²) in [6.07, 6.45) is 5.90. The van der Waals surface area contributed by atoms with Crippen LogP contribution in [-0.4, -0.2) is 17.8 Å². The molecular weight excluding hydrogens is 418 g/mol. The molecule has 0 saturated carbocycles. The fraction of sp³-hybridized carbons (Fsp3) is 0.111. The third kappa shape index (κ3) is 3.33. The van der Waals surface area contributed by atoms with Gasteiger partial charge >= 0.3 is 0 Å². The number of nitrogens with zero attached hydrogens (tertiary/aromatic N) is 2. The maximum Gasteiger partial charge on any atom is 0.156 e. The lowest BCUT2D eigenvalue weighted by Gasteiger charge is -2.28. The number of ether oxygens (including phenoxy) is 1. The average Bonchev–Trinajstić information content (AvgIpc) is 3.22. The number of halogens is 1. The summed E-state index contributed by atoms with van der Waals surface area (Å²) in [5.41, 5.74) is 4.28. The molecule has 2 aliphatic heterocycles. The van der Waals surface area contributed by atoms with Crippen molar-refractivity contribution in [3.05, 3.63) is 124 Å². The van der Waals surface area contributed by atoms with Gasteiger partial charge in [-0.2, -0.15) is 0 Å². The summed E-state index contributed by atoms with van der Waals surface area (Å²) >= 11 is 6.21. The van der Waals surface area contributed by atoms with Crippen LogP contribution in [0.3, 0.4) is 0 Å². The van der Waals surface area contributed by atoms with Crippen molar-refractivity contribution >= 4 is 23.3 Å². The van der Waals surface area contributed by atoms with Gasteiger partial charge in [0.05, 0.1) is 5.92 Å². The van der Waals surface area contributed by atoms with Crippen LogP contribution in [0, 0.1) is 0 Å². The first-order valence-corrected chi connectivity index (χ1v) is 11.0. The van der Waals surface area contributed by atoms with Crippen molar-refractivity contribution < 1.29 is 4.74 Å². The van der Waals surface area contributed by atoms with E-state index in [0.717, 1.165) is 39.7 Å². The van der Waals surface area contributed by atoms with Crippen molar-refractivity contribution in [2.75, 3.05) is 0 Å². The highest BCUT2D eigenvalue weighted by atomic mass is 35.5. The standard InChI is InChI=1S/C27H20ClN3O/c28-19-14-15-20-23(16-19)32-22-13-7-12-21(24(20)22)27-30-25(17-8-3-1-4-9-17)29-26(31-27)18-10-5-2-6-11-18/h1-16,22,24-25H,(H,29,30,31). The smallest absolute Gasteiger partial charge is 0.156 e. The van der Waals surface area contributed by atoms with Crippen LogP contribution in [0.2, 0.25) is 5.02 Å². The van der Waals surface area contributed by atoms with Gasteiger partial charge in [-0.1, -0.05) is 90.5 Å². The maximum atomic E-state index is 6.21. The first kappa shape index (κ1) is 19.1. The molecule has 0 bridgehead atoms. The Balaban J connectivity index is 1.46. The number of aliphatic imine (C=N–C) groups is 2. The van der Waals surface area contributed by atoms with E-state index in [9.17, 15) is 0 Å². The molecule has 0 saturated heterocycles. The fourth-order valence-corrected chi connectivity index (χ4v) is 4.63. The Morgan fingerprint density at radius 1 is 0.906 bits per heavy atom. The summed E-state index contributed by atoms with van der Waals surface area (Å²) < 4.78 is 6.20. The SMILES string of the molecule is Clc1ccc2c(c1)OC1C=CC=C(C3=NC(c4ccccc4)NC(c4ccccc4)=N3)C21. The van der Waals surface area contributed by atoms with Gasteiger partial charge in [0.1, 0.15) is 23.9 Å². The molecule has 3 unspecified atom stereocenters. The van der Waals surface area contributed by atoms with Crippen LogP contribution in [0.1, 0.15) is 28.8 Å². The van der Waals surface area contributed by atoms with Crippen molar-refractivity contribution in [2.24, 2.45) is 9.98 Å². The van der Waals surface area contributed by atoms with Gasteiger partial charge in [0.2, 0.25) is 0 Å². The van der Waals surface area contributed by atoms with Crippen molar-refractivity contribution in [3.63, 3.8) is 0 Å². The Morgan fingerprint density at radius 3 is 2.50 bits per heavy atom. The van der Waals surface area contributed by atoms with Gasteiger partial charge in [-0.15, -0.1) is 0 Å². The van der Waals surface area contributed by atoms with Crippen LogP contribution in [-0.2, 0) is 0 Å². The van der Waals surface area contributed by atoms with Crippen LogP contribution in [0.4, 0.5) is 0 Å². The Hall–Kier alpha value is -3.63. The molecule has 4 nitrogen and oxygen atoms in total. The van der Waals surface area contributed by atoms with Crippen LogP contribution in [0.25, 0.3) is 0 Å². The summed E-state index contributed by atoms with van der Waals surface area (Å²) in [5, 5.41) is 4.18. The van der Waals surface area contributed by atoms with E-state index >= 15 is 0 Å². The van der Waals surface area contributed by atoms with E-state index in [2.05, 4.69) is 41.7 Å². The van der Waals surface area contributed by atoms with Crippen molar-refractivity contribution in [2.45, 2.75) is 18.2 Å². The monoisotopic (exact) mass is 437 g/mol. The first-order chi connectivity index (χ1) is 15.8. The summed E-state index contributed by atoms with van der Waals surface area (Å²) in [7, 11) is 0. The molecular formula is C27H20ClN3O. The van der Waals surface area contributed by atoms with Crippen LogP contribution in [0.5, 0.6) is 5.75 Å². The minimum absolute atomic E-state index is 0.0290. The molecule has 1 aliphatic carbocycles. The highest BCUT2D eigenvalue weighted by Gasteiger charge is 2.39. The average molecular weight is 438 g/mol. The zero-order chi connectivity index (χ0) is 21.5. The second kappa shape index (κ2) is 7.81. The van der Waals surface area contributed by atoms with E-state index in [1.807, 2.05) is 60.7 Å². The van der Waals surface area contributed by atoms with Gasteiger partial charge in [0.15, 0.2) is 5.84 Å². The van der Waals surface area contributed by atoms with Crippen molar-refractivity contribution in [1.29, 1.82) is 0 Å². The zero-order valence-electron chi connectivity index (χ0n) is 17.2. The predicted molar refractivity (Wildman–Crippen MR) is 129 cm³/mol. The van der Waals surface area contributed by atoms with Gasteiger partial charge in [0.25, 0.3) is 0 Å². The molecule has 2 heterocycles. The first-order valence-electron chi connectivity index (χ1n) is 10.6. The minimum atomic E-state index is -0.226. The van der Waals surface area contributed by atoms with Crippen LogP contribution < -0.4 is 10.1 Å². The third-order valence-corrected chi connectivity index (χ3v) is 6.21. The molecule has 3 aliphatic rings. The number of rotatable bonds is 3. The Bertz CT molecular complexity index is 1290. The Kier molecular flexibility index (Phi) is 4.66.